The Kier molecular flexibility index (Phi) is 2.26. The van der Waals surface area contributed by atoms with Gasteiger partial charge in [-0.25, -0.2) is 0 Å². The third-order valence-electron chi connectivity index (χ3n) is 2.22. The normalized spacial score (nSPS) is 16.0. The predicted molar refractivity (Wildman–Crippen MR) is 49.8 cm³/mol. The number of nitrogens with zero attached hydrogens (tertiary/aromatic N) is 2. The minimum Gasteiger partial charge on any atom is -0.331 e. The summed E-state index contributed by atoms with van der Waals surface area (Å²) in [6.45, 7) is 0.778. The smallest absolute Gasteiger partial charge is 0.255 e. The standard InChI is InChI=1S/C10H10N2O2/c13-9-3-5-12(7-9)10(14)8-2-1-4-11-6-8/h1-2,4,6H,3,5,7H2. The van der Waals surface area contributed by atoms with E-state index in [1.165, 1.54) is 6.20 Å². The van der Waals surface area contributed by atoms with Gasteiger partial charge in [0.05, 0.1) is 12.1 Å². The molecule has 2 rings (SSSR count). The first kappa shape index (κ1) is 8.87. The fourth-order valence-electron chi connectivity index (χ4n) is 1.48. The first-order valence-corrected chi connectivity index (χ1v) is 4.48. The molecule has 0 aliphatic carbocycles. The van der Waals surface area contributed by atoms with E-state index in [4.69, 9.17) is 0 Å². The predicted octanol–water partition coefficient (Wildman–Crippen LogP) is 0.497. The van der Waals surface area contributed by atoms with Gasteiger partial charge in [-0.1, -0.05) is 0 Å². The number of pyridine rings is 1. The highest BCUT2D eigenvalue weighted by atomic mass is 16.2. The number of ketones is 1. The number of hydrogen-bond acceptors (Lipinski definition) is 3. The molecule has 1 saturated heterocycles. The van der Waals surface area contributed by atoms with Crippen molar-refractivity contribution < 1.29 is 9.59 Å². The van der Waals surface area contributed by atoms with Crippen molar-refractivity contribution in [3.63, 3.8) is 0 Å². The van der Waals surface area contributed by atoms with Gasteiger partial charge >= 0.3 is 0 Å². The van der Waals surface area contributed by atoms with Gasteiger partial charge in [-0.3, -0.25) is 14.6 Å². The molecule has 1 aliphatic rings. The van der Waals surface area contributed by atoms with E-state index < -0.39 is 0 Å². The summed E-state index contributed by atoms with van der Waals surface area (Å²) in [5.74, 6) is 0.0196. The van der Waals surface area contributed by atoms with Gasteiger partial charge in [0.15, 0.2) is 5.78 Å². The van der Waals surface area contributed by atoms with Crippen molar-refractivity contribution in [3.05, 3.63) is 30.1 Å². The number of carbonyl (C=O) groups excluding carboxylic acids is 2. The van der Waals surface area contributed by atoms with E-state index in [1.807, 2.05) is 0 Å². The Morgan fingerprint density at radius 2 is 2.36 bits per heavy atom. The summed E-state index contributed by atoms with van der Waals surface area (Å²) in [5, 5.41) is 0. The number of aromatic nitrogens is 1. The van der Waals surface area contributed by atoms with E-state index in [2.05, 4.69) is 4.98 Å². The average Bonchev–Trinajstić information content (AvgIpc) is 2.65. The fourth-order valence-corrected chi connectivity index (χ4v) is 1.48. The van der Waals surface area contributed by atoms with Gasteiger partial charge in [-0.2, -0.15) is 0 Å². The number of Topliss-reactive ketones (excluding diaryl/α,β-unsaturated/α-hetero) is 1. The van der Waals surface area contributed by atoms with Crippen LogP contribution in [0.4, 0.5) is 0 Å². The monoisotopic (exact) mass is 190 g/mol. The highest BCUT2D eigenvalue weighted by Crippen LogP contribution is 2.09. The molecule has 4 heteroatoms. The van der Waals surface area contributed by atoms with Gasteiger partial charge in [-0.15, -0.1) is 0 Å². The lowest BCUT2D eigenvalue weighted by atomic mass is 10.2. The van der Waals surface area contributed by atoms with E-state index in [0.29, 0.717) is 18.5 Å². The minimum atomic E-state index is -0.107. The maximum Gasteiger partial charge on any atom is 0.255 e. The third kappa shape index (κ3) is 1.64. The van der Waals surface area contributed by atoms with Gasteiger partial charge in [0.25, 0.3) is 5.91 Å². The highest BCUT2D eigenvalue weighted by Gasteiger charge is 2.24. The molecule has 0 aromatic carbocycles. The summed E-state index contributed by atoms with van der Waals surface area (Å²) in [6.07, 6.45) is 3.61. The van der Waals surface area contributed by atoms with Crippen molar-refractivity contribution in [2.75, 3.05) is 13.1 Å². The summed E-state index contributed by atoms with van der Waals surface area (Å²) in [7, 11) is 0. The molecule has 2 heterocycles. The zero-order valence-corrected chi connectivity index (χ0v) is 7.64. The molecule has 0 radical (unpaired) electrons. The lowest BCUT2D eigenvalue weighted by Crippen LogP contribution is -2.28. The van der Waals surface area contributed by atoms with Crippen LogP contribution in [0.1, 0.15) is 16.8 Å². The number of rotatable bonds is 1. The third-order valence-corrected chi connectivity index (χ3v) is 2.22. The van der Waals surface area contributed by atoms with Crippen molar-refractivity contribution in [2.24, 2.45) is 0 Å². The number of carbonyl (C=O) groups is 2. The topological polar surface area (TPSA) is 50.3 Å². The van der Waals surface area contributed by atoms with Gasteiger partial charge < -0.3 is 4.90 Å². The summed E-state index contributed by atoms with van der Waals surface area (Å²) in [4.78, 5) is 28.1. The molecule has 14 heavy (non-hydrogen) atoms. The molecule has 4 nitrogen and oxygen atoms in total. The molecule has 1 aromatic rings. The van der Waals surface area contributed by atoms with Crippen LogP contribution in [-0.4, -0.2) is 34.7 Å². The van der Waals surface area contributed by atoms with Gasteiger partial charge in [0, 0.05) is 25.4 Å². The van der Waals surface area contributed by atoms with Crippen LogP contribution in [0, 0.1) is 0 Å². The lowest BCUT2D eigenvalue weighted by molar-refractivity contribution is -0.116. The zero-order valence-electron chi connectivity index (χ0n) is 7.64. The van der Waals surface area contributed by atoms with Crippen LogP contribution in [-0.2, 0) is 4.79 Å². The Balaban J connectivity index is 2.13. The zero-order chi connectivity index (χ0) is 9.97. The molecule has 1 aliphatic heterocycles. The molecule has 1 fully saturated rings. The number of amides is 1. The van der Waals surface area contributed by atoms with E-state index in [1.54, 1.807) is 23.2 Å². The quantitative estimate of drug-likeness (QED) is 0.647. The molecule has 0 spiro atoms. The number of hydrogen-bond donors (Lipinski definition) is 0. The Labute approximate surface area is 81.6 Å². The number of likely N-dealkylation sites (tertiary alicyclic amines) is 1. The summed E-state index contributed by atoms with van der Waals surface area (Å²) >= 11 is 0. The van der Waals surface area contributed by atoms with Gasteiger partial charge in [0.2, 0.25) is 0 Å². The minimum absolute atomic E-state index is 0.107. The molecule has 0 unspecified atom stereocenters. The van der Waals surface area contributed by atoms with Gasteiger partial charge in [-0.05, 0) is 12.1 Å². The van der Waals surface area contributed by atoms with Crippen molar-refractivity contribution >= 4 is 11.7 Å². The van der Waals surface area contributed by atoms with Crippen LogP contribution in [0.25, 0.3) is 0 Å². The molecule has 1 aromatic heterocycles. The lowest BCUT2D eigenvalue weighted by Gasteiger charge is -2.13. The average molecular weight is 190 g/mol. The van der Waals surface area contributed by atoms with Crippen LogP contribution in [0.2, 0.25) is 0 Å². The Hall–Kier alpha value is -1.71. The summed E-state index contributed by atoms with van der Waals surface area (Å²) in [5.41, 5.74) is 0.544. The van der Waals surface area contributed by atoms with E-state index >= 15 is 0 Å². The second-order valence-electron chi connectivity index (χ2n) is 3.26. The maximum atomic E-state index is 11.7. The second kappa shape index (κ2) is 3.57. The van der Waals surface area contributed by atoms with Crippen molar-refractivity contribution in [1.29, 1.82) is 0 Å². The van der Waals surface area contributed by atoms with E-state index in [9.17, 15) is 9.59 Å². The molecular weight excluding hydrogens is 180 g/mol. The van der Waals surface area contributed by atoms with Crippen LogP contribution in [0.15, 0.2) is 24.5 Å². The molecular formula is C10H10N2O2. The SMILES string of the molecule is O=C1CCN(C(=O)c2cccnc2)C1. The highest BCUT2D eigenvalue weighted by molar-refractivity contribution is 5.98. The Morgan fingerprint density at radius 1 is 1.50 bits per heavy atom. The van der Waals surface area contributed by atoms with Crippen LogP contribution >= 0.6 is 0 Å². The first-order chi connectivity index (χ1) is 6.77. The molecule has 72 valence electrons. The van der Waals surface area contributed by atoms with Crippen LogP contribution in [0.5, 0.6) is 0 Å². The first-order valence-electron chi connectivity index (χ1n) is 4.48. The summed E-state index contributed by atoms with van der Waals surface area (Å²) < 4.78 is 0. The van der Waals surface area contributed by atoms with Gasteiger partial charge in [0.1, 0.15) is 0 Å². The summed E-state index contributed by atoms with van der Waals surface area (Å²) in [6, 6.07) is 3.42. The Morgan fingerprint density at radius 3 is 2.93 bits per heavy atom. The van der Waals surface area contributed by atoms with E-state index in [0.717, 1.165) is 0 Å². The largest absolute Gasteiger partial charge is 0.331 e. The van der Waals surface area contributed by atoms with E-state index in [-0.39, 0.29) is 18.2 Å². The molecule has 0 atom stereocenters. The van der Waals surface area contributed by atoms with Crippen molar-refractivity contribution in [1.82, 2.24) is 9.88 Å². The van der Waals surface area contributed by atoms with Crippen molar-refractivity contribution in [3.8, 4) is 0 Å². The van der Waals surface area contributed by atoms with Crippen molar-refractivity contribution in [2.45, 2.75) is 6.42 Å². The second-order valence-corrected chi connectivity index (χ2v) is 3.26. The fraction of sp³-hybridized carbons (Fsp3) is 0.300. The molecule has 0 saturated carbocycles. The van der Waals surface area contributed by atoms with Crippen LogP contribution < -0.4 is 0 Å². The van der Waals surface area contributed by atoms with Crippen LogP contribution in [0.3, 0.4) is 0 Å². The molecule has 1 amide bonds. The molecule has 0 N–H and O–H groups in total. The Bertz CT molecular complexity index is 362. The maximum absolute atomic E-state index is 11.7. The molecule has 0 bridgehead atoms.